The fourth-order valence-electron chi connectivity index (χ4n) is 7.13. The number of morpholine rings is 1. The van der Waals surface area contributed by atoms with Crippen molar-refractivity contribution in [1.82, 2.24) is 25.0 Å². The second-order valence-corrected chi connectivity index (χ2v) is 15.8. The van der Waals surface area contributed by atoms with Crippen molar-refractivity contribution in [2.75, 3.05) is 26.3 Å². The highest BCUT2D eigenvalue weighted by atomic mass is 17.2. The Morgan fingerprint density at radius 3 is 1.68 bits per heavy atom. The highest BCUT2D eigenvalue weighted by Gasteiger charge is 2.23. The number of fused-ring (bicyclic) bond motifs is 1. The Hall–Kier alpha value is -11.8. The van der Waals surface area contributed by atoms with E-state index in [2.05, 4.69) is 254 Å². The van der Waals surface area contributed by atoms with E-state index in [1.807, 2.05) is 32.2 Å². The molecular weight excluding hydrogens is 1000 g/mol. The van der Waals surface area contributed by atoms with E-state index >= 15 is 0 Å². The van der Waals surface area contributed by atoms with Crippen LogP contribution in [0.3, 0.4) is 0 Å². The third-order valence-corrected chi connectivity index (χ3v) is 10.5. The van der Waals surface area contributed by atoms with Crippen LogP contribution >= 0.6 is 0 Å². The van der Waals surface area contributed by atoms with E-state index in [0.717, 1.165) is 79.0 Å². The van der Waals surface area contributed by atoms with Crippen molar-refractivity contribution < 1.29 is 46.2 Å². The maximum Gasteiger partial charge on any atom is 0.253 e. The number of aromatic amines is 1. The molecule has 2 aromatic heterocycles. The first-order valence-corrected chi connectivity index (χ1v) is 24.0. The van der Waals surface area contributed by atoms with Gasteiger partial charge in [0.25, 0.3) is 11.5 Å². The van der Waals surface area contributed by atoms with Gasteiger partial charge in [-0.3, -0.25) is 30.3 Å². The van der Waals surface area contributed by atoms with Crippen molar-refractivity contribution in [3.05, 3.63) is 92.2 Å². The number of nitrogens with two attached hydrogens (primary N) is 1. The van der Waals surface area contributed by atoms with Gasteiger partial charge in [0.05, 0.1) is 46.8 Å². The molecule has 2 aliphatic rings. The summed E-state index contributed by atoms with van der Waals surface area (Å²) in [5, 5.41) is 32.8. The van der Waals surface area contributed by atoms with Crippen molar-refractivity contribution >= 4 is 16.8 Å². The minimum absolute atomic E-state index is 0. The number of carbonyl (C=O) groups is 1. The lowest BCUT2D eigenvalue weighted by molar-refractivity contribution is -0.873. The topological polar surface area (TPSA) is 211 Å². The van der Waals surface area contributed by atoms with Gasteiger partial charge in [-0.2, -0.15) is 5.10 Å². The summed E-state index contributed by atoms with van der Waals surface area (Å²) in [6.07, 6.45) is 6.44. The molecule has 1 saturated heterocycles. The molecule has 2 fully saturated rings. The molecule has 0 radical (unpaired) electrons. The van der Waals surface area contributed by atoms with Gasteiger partial charge in [-0.25, -0.2) is 0 Å². The number of H-pyrrole nitrogens is 1. The van der Waals surface area contributed by atoms with Gasteiger partial charge in [0, 0.05) is 135 Å². The first-order chi connectivity index (χ1) is 39.2. The normalized spacial score (nSPS) is 11.1. The second kappa shape index (κ2) is 37.0. The number of nitrogens with one attached hydrogen (secondary N) is 2. The summed E-state index contributed by atoms with van der Waals surface area (Å²) in [7, 11) is 0. The Bertz CT molecular complexity index is 4000. The van der Waals surface area contributed by atoms with Crippen LogP contribution in [0.25, 0.3) is 22.0 Å². The molecule has 5 N–H and O–H groups in total. The average Bonchev–Trinajstić information content (AvgIpc) is 1.68. The third-order valence-electron chi connectivity index (χ3n) is 10.5. The van der Waals surface area contributed by atoms with Gasteiger partial charge in [0.1, 0.15) is 0 Å². The number of hydrogen-bond acceptors (Lipinski definition) is 9. The molecule has 1 aliphatic carbocycles. The summed E-state index contributed by atoms with van der Waals surface area (Å²) in [6, 6.07) is 15.0. The molecule has 0 unspecified atom stereocenters. The molecule has 3 heterocycles. The molecule has 80 heavy (non-hydrogen) atoms. The molecule has 16 nitrogen and oxygen atoms in total. The summed E-state index contributed by atoms with van der Waals surface area (Å²) >= 11 is 0. The minimum Gasteiger partial charge on any atom is -0.379 e. The predicted molar refractivity (Wildman–Crippen MR) is 335 cm³/mol. The van der Waals surface area contributed by atoms with Crippen LogP contribution in [0.5, 0.6) is 0 Å². The zero-order valence-corrected chi connectivity index (χ0v) is 44.0. The van der Waals surface area contributed by atoms with Crippen molar-refractivity contribution in [3.8, 4) is 189 Å². The SMILES string of the molecule is CC#CC#CC#CC#CC#CC#CC#CC#CC#CC#CC#CC#CC#CC#CC#CC.Cc1cc(C)c(CNC(=O)c2cc(-c3ccc(CN4CCOCC4)cc3)cc3c2cnn3C2CCCC2)c(=O)[nH]1.NN=NN=[N+]([O-])OO.[HH].[HH].[HH].[HH].[HH].[HH].[HH].[HH].[HH].[HH].[HH].[HH].[HH].[HH].[HH]. The molecule has 0 atom stereocenters. The van der Waals surface area contributed by atoms with E-state index in [0.29, 0.717) is 17.2 Å². The van der Waals surface area contributed by atoms with Crippen LogP contribution < -0.4 is 16.7 Å². The van der Waals surface area contributed by atoms with Gasteiger partial charge in [-0.1, -0.05) is 48.9 Å². The van der Waals surface area contributed by atoms with Crippen LogP contribution in [-0.4, -0.2) is 62.2 Å². The molecule has 2 aromatic carbocycles. The first-order valence-electron chi connectivity index (χ1n) is 24.0. The Kier molecular flexibility index (Phi) is 28.1. The van der Waals surface area contributed by atoms with Crippen LogP contribution in [0.1, 0.15) is 99.7 Å². The number of carbonyl (C=O) groups excluding carboxylic acids is 1. The molecule has 1 saturated carbocycles. The highest BCUT2D eigenvalue weighted by molar-refractivity contribution is 6.08. The zero-order chi connectivity index (χ0) is 57.3. The van der Waals surface area contributed by atoms with Gasteiger partial charge in [0.15, 0.2) is 0 Å². The Balaban J connectivity index is -0.000000115. The number of aromatic nitrogens is 3. The summed E-state index contributed by atoms with van der Waals surface area (Å²) in [4.78, 5) is 34.4. The molecular formula is C64H76N10O6. The third kappa shape index (κ3) is 23.2. The maximum atomic E-state index is 13.6. The van der Waals surface area contributed by atoms with E-state index in [-0.39, 0.29) is 39.4 Å². The van der Waals surface area contributed by atoms with Gasteiger partial charge in [-0.05, 0) is 176 Å². The number of nitrogens with zero attached hydrogens (tertiary/aromatic N) is 7. The van der Waals surface area contributed by atoms with E-state index < -0.39 is 5.02 Å². The number of amides is 1. The number of aryl methyl sites for hydroxylation is 2. The first kappa shape index (κ1) is 60.8. The summed E-state index contributed by atoms with van der Waals surface area (Å²) < 4.78 is 7.60. The zero-order valence-electron chi connectivity index (χ0n) is 44.0. The van der Waals surface area contributed by atoms with Gasteiger partial charge in [-0.15, -0.1) is 0 Å². The Labute approximate surface area is 488 Å². The lowest BCUT2D eigenvalue weighted by atomic mass is 9.98. The van der Waals surface area contributed by atoms with E-state index in [4.69, 9.17) is 15.1 Å². The maximum absolute atomic E-state index is 13.6. The van der Waals surface area contributed by atoms with Gasteiger partial charge in [0.2, 0.25) is 10.4 Å². The Morgan fingerprint density at radius 1 is 0.762 bits per heavy atom. The summed E-state index contributed by atoms with van der Waals surface area (Å²) in [5.74, 6) is 79.8. The van der Waals surface area contributed by atoms with E-state index in [9.17, 15) is 14.8 Å². The molecule has 0 bridgehead atoms. The van der Waals surface area contributed by atoms with Crippen LogP contribution in [-0.2, 0) is 22.8 Å². The monoisotopic (exact) mass is 1080 g/mol. The van der Waals surface area contributed by atoms with E-state index in [1.54, 1.807) is 13.8 Å². The lowest BCUT2D eigenvalue weighted by Gasteiger charge is -2.26. The van der Waals surface area contributed by atoms with Crippen LogP contribution in [0, 0.1) is 197 Å². The quantitative estimate of drug-likeness (QED) is 0.0413. The number of pyridine rings is 1. The molecule has 418 valence electrons. The lowest BCUT2D eigenvalue weighted by Crippen LogP contribution is -2.35. The van der Waals surface area contributed by atoms with Crippen molar-refractivity contribution in [2.24, 2.45) is 21.5 Å². The van der Waals surface area contributed by atoms with Crippen LogP contribution in [0.2, 0.25) is 0 Å². The molecule has 4 aromatic rings. The molecule has 6 rings (SSSR count). The fraction of sp³-hybridized carbons (Fsp3) is 0.234. The molecule has 16 heteroatoms. The van der Waals surface area contributed by atoms with E-state index in [1.165, 1.54) is 18.4 Å². The fourth-order valence-corrected chi connectivity index (χ4v) is 7.13. The van der Waals surface area contributed by atoms with Crippen molar-refractivity contribution in [1.29, 1.82) is 0 Å². The van der Waals surface area contributed by atoms with Crippen molar-refractivity contribution in [2.45, 2.75) is 72.5 Å². The highest BCUT2D eigenvalue weighted by Crippen LogP contribution is 2.35. The summed E-state index contributed by atoms with van der Waals surface area (Å²) in [6.45, 7) is 11.7. The predicted octanol–water partition coefficient (Wildman–Crippen LogP) is 9.25. The smallest absolute Gasteiger partial charge is 0.253 e. The minimum atomic E-state index is -0.573. The Morgan fingerprint density at radius 2 is 1.24 bits per heavy atom. The van der Waals surface area contributed by atoms with Crippen LogP contribution in [0.4, 0.5) is 0 Å². The average molecular weight is 1080 g/mol. The molecule has 0 spiro atoms. The largest absolute Gasteiger partial charge is 0.379 e. The van der Waals surface area contributed by atoms with Gasteiger partial charge < -0.3 is 25.2 Å². The molecule has 1 amide bonds. The number of benzene rings is 2. The number of ether oxygens (including phenoxy) is 1. The molecule has 1 aliphatic heterocycles. The summed E-state index contributed by atoms with van der Waals surface area (Å²) in [5.41, 5.74) is 6.96. The van der Waals surface area contributed by atoms with Crippen LogP contribution in [0.15, 0.2) is 69.1 Å². The second-order valence-electron chi connectivity index (χ2n) is 15.8. The van der Waals surface area contributed by atoms with Gasteiger partial charge >= 0.3 is 0 Å². The number of hydrogen-bond donors (Lipinski definition) is 4. The number of rotatable bonds is 9. The standard InChI is InChI=1S/C32H37N5O3.C32H6.H3N5O3.15H2/c1-21-15-22(2)35-32(39)28(21)18-33-31(38)27-16-25(17-30-29(27)19-34-37(30)26-5-3-4-6-26)24-9-7-23(8-10-24)20-36-11-13-40-14-12-36;1-3-5-7-9-11-13-15-17-19-21-23-25-27-29-31-32-30-28-26-24-22-20-18-16-14-12-10-8-6-4-2;1-2-3-4-5(6)8-7;;;;;;;;;;;;;;;/h7-10,15-17,19,26H,3-6,11-14,18,20H2,1-2H3,(H,33,38)(H,35,39);1-2H3;7H,(H2,1,3);15*1H. The van der Waals surface area contributed by atoms with Crippen molar-refractivity contribution in [3.63, 3.8) is 0 Å².